The van der Waals surface area contributed by atoms with Crippen LogP contribution in [0.15, 0.2) is 27.1 Å². The van der Waals surface area contributed by atoms with Crippen molar-refractivity contribution < 1.29 is 13.2 Å². The fraction of sp³-hybridized carbons (Fsp3) is 0.500. The number of alkyl halides is 3. The molecule has 0 bridgehead atoms. The molecule has 0 heterocycles. The van der Waals surface area contributed by atoms with Gasteiger partial charge in [0.2, 0.25) is 0 Å². The van der Waals surface area contributed by atoms with Crippen LogP contribution >= 0.6 is 31.9 Å². The van der Waals surface area contributed by atoms with Crippen LogP contribution in [-0.4, -0.2) is 11.7 Å². The number of hydrogen-bond acceptors (Lipinski definition) is 1. The number of nitrogens with one attached hydrogen (secondary N) is 1. The smallest absolute Gasteiger partial charge is 0.297 e. The monoisotopic (exact) mass is 385 g/mol. The van der Waals surface area contributed by atoms with E-state index in [1.807, 2.05) is 18.2 Å². The lowest BCUT2D eigenvalue weighted by Gasteiger charge is -2.26. The van der Waals surface area contributed by atoms with Gasteiger partial charge in [-0.25, -0.2) is 0 Å². The van der Waals surface area contributed by atoms with Gasteiger partial charge in [-0.2, -0.15) is 13.2 Å². The molecule has 1 fully saturated rings. The Hall–Kier alpha value is -0.0700. The molecule has 100 valence electrons. The highest BCUT2D eigenvalue weighted by atomic mass is 79.9. The molecule has 1 saturated carbocycles. The molecular formula is C12H12Br2F3N. The number of benzene rings is 1. The van der Waals surface area contributed by atoms with Gasteiger partial charge in [0.25, 0.3) is 0 Å². The van der Waals surface area contributed by atoms with Gasteiger partial charge in [-0.3, -0.25) is 5.32 Å². The zero-order valence-electron chi connectivity index (χ0n) is 9.61. The maximum atomic E-state index is 12.9. The summed E-state index contributed by atoms with van der Waals surface area (Å²) in [4.78, 5) is 0. The molecule has 1 aliphatic carbocycles. The van der Waals surface area contributed by atoms with Crippen molar-refractivity contribution in [1.82, 2.24) is 5.32 Å². The van der Waals surface area contributed by atoms with E-state index in [-0.39, 0.29) is 18.9 Å². The third kappa shape index (κ3) is 2.75. The molecule has 18 heavy (non-hydrogen) atoms. The van der Waals surface area contributed by atoms with E-state index >= 15 is 0 Å². The summed E-state index contributed by atoms with van der Waals surface area (Å²) in [7, 11) is 0. The van der Waals surface area contributed by atoms with Gasteiger partial charge in [-0.1, -0.05) is 37.9 Å². The topological polar surface area (TPSA) is 12.0 Å². The van der Waals surface area contributed by atoms with Crippen molar-refractivity contribution in [2.75, 3.05) is 0 Å². The standard InChI is InChI=1S/C12H12Br2F3N/c1-7(9-3-2-8(13)6-10(9)14)18-11(4-5-11)12(15,16)17/h2-3,6-7,18H,4-5H2,1H3. The Labute approximate surface area is 120 Å². The fourth-order valence-corrected chi connectivity index (χ4v) is 3.37. The van der Waals surface area contributed by atoms with Crippen LogP contribution < -0.4 is 5.32 Å². The van der Waals surface area contributed by atoms with Gasteiger partial charge in [0.15, 0.2) is 0 Å². The van der Waals surface area contributed by atoms with Crippen molar-refractivity contribution in [3.05, 3.63) is 32.7 Å². The fourth-order valence-electron chi connectivity index (χ4n) is 1.98. The minimum Gasteiger partial charge on any atom is -0.297 e. The summed E-state index contributed by atoms with van der Waals surface area (Å²) >= 11 is 6.70. The first-order chi connectivity index (χ1) is 8.25. The Morgan fingerprint density at radius 3 is 2.33 bits per heavy atom. The maximum Gasteiger partial charge on any atom is 0.406 e. The van der Waals surface area contributed by atoms with E-state index in [2.05, 4.69) is 37.2 Å². The summed E-state index contributed by atoms with van der Waals surface area (Å²) in [6.45, 7) is 1.75. The Bertz CT molecular complexity index is 455. The zero-order chi connectivity index (χ0) is 13.6. The van der Waals surface area contributed by atoms with E-state index in [1.165, 1.54) is 0 Å². The van der Waals surface area contributed by atoms with Crippen molar-refractivity contribution in [3.8, 4) is 0 Å². The molecule has 6 heteroatoms. The second kappa shape index (κ2) is 4.80. The molecule has 1 unspecified atom stereocenters. The van der Waals surface area contributed by atoms with Crippen LogP contribution in [0.2, 0.25) is 0 Å². The van der Waals surface area contributed by atoms with Gasteiger partial charge in [-0.05, 0) is 37.5 Å². The molecule has 1 aromatic carbocycles. The van der Waals surface area contributed by atoms with Crippen LogP contribution in [0.1, 0.15) is 31.4 Å². The summed E-state index contributed by atoms with van der Waals surface area (Å²) in [5.41, 5.74) is -0.854. The molecule has 0 aromatic heterocycles. The van der Waals surface area contributed by atoms with Gasteiger partial charge < -0.3 is 0 Å². The SMILES string of the molecule is CC(NC1(C(F)(F)F)CC1)c1ccc(Br)cc1Br. The lowest BCUT2D eigenvalue weighted by atomic mass is 10.1. The van der Waals surface area contributed by atoms with Crippen molar-refractivity contribution in [3.63, 3.8) is 0 Å². The number of halogens is 5. The molecule has 0 amide bonds. The third-order valence-electron chi connectivity index (χ3n) is 3.21. The highest BCUT2D eigenvalue weighted by molar-refractivity contribution is 9.11. The maximum absolute atomic E-state index is 12.9. The lowest BCUT2D eigenvalue weighted by Crippen LogP contribution is -2.45. The molecule has 0 saturated heterocycles. The normalized spacial score (nSPS) is 19.7. The van der Waals surface area contributed by atoms with Crippen LogP contribution in [0.4, 0.5) is 13.2 Å². The van der Waals surface area contributed by atoms with Gasteiger partial charge >= 0.3 is 6.18 Å². The first-order valence-corrected chi connectivity index (χ1v) is 7.13. The summed E-state index contributed by atoms with van der Waals surface area (Å²) in [5.74, 6) is 0. The molecule has 1 atom stereocenters. The van der Waals surface area contributed by atoms with Crippen LogP contribution in [0.5, 0.6) is 0 Å². The molecular weight excluding hydrogens is 375 g/mol. The van der Waals surface area contributed by atoms with Crippen molar-refractivity contribution in [2.45, 2.75) is 37.5 Å². The minimum atomic E-state index is -4.18. The second-order valence-corrected chi connectivity index (χ2v) is 6.38. The summed E-state index contributed by atoms with van der Waals surface area (Å²) < 4.78 is 40.3. The van der Waals surface area contributed by atoms with Gasteiger partial charge in [-0.15, -0.1) is 0 Å². The Morgan fingerprint density at radius 1 is 1.28 bits per heavy atom. The second-order valence-electron chi connectivity index (χ2n) is 4.61. The first kappa shape index (κ1) is 14.3. The molecule has 0 spiro atoms. The highest BCUT2D eigenvalue weighted by Crippen LogP contribution is 2.50. The average Bonchev–Trinajstić information content (AvgIpc) is 2.97. The number of hydrogen-bond donors (Lipinski definition) is 1. The molecule has 2 rings (SSSR count). The Morgan fingerprint density at radius 2 is 1.89 bits per heavy atom. The van der Waals surface area contributed by atoms with E-state index in [9.17, 15) is 13.2 Å². The van der Waals surface area contributed by atoms with E-state index in [0.29, 0.717) is 0 Å². The van der Waals surface area contributed by atoms with Crippen LogP contribution in [-0.2, 0) is 0 Å². The molecule has 1 N–H and O–H groups in total. The molecule has 0 radical (unpaired) electrons. The van der Waals surface area contributed by atoms with Crippen LogP contribution in [0.3, 0.4) is 0 Å². The summed E-state index contributed by atoms with van der Waals surface area (Å²) in [5, 5.41) is 2.71. The Kier molecular flexibility index (Phi) is 3.82. The van der Waals surface area contributed by atoms with E-state index < -0.39 is 11.7 Å². The predicted octanol–water partition coefficient (Wildman–Crippen LogP) is 4.96. The summed E-state index contributed by atoms with van der Waals surface area (Å²) in [6.07, 6.45) is -3.85. The quantitative estimate of drug-likeness (QED) is 0.774. The molecule has 0 aliphatic heterocycles. The number of rotatable bonds is 3. The van der Waals surface area contributed by atoms with Crippen LogP contribution in [0.25, 0.3) is 0 Å². The van der Waals surface area contributed by atoms with Gasteiger partial charge in [0.05, 0.1) is 0 Å². The largest absolute Gasteiger partial charge is 0.406 e. The van der Waals surface area contributed by atoms with Gasteiger partial charge in [0, 0.05) is 15.0 Å². The van der Waals surface area contributed by atoms with Crippen molar-refractivity contribution >= 4 is 31.9 Å². The van der Waals surface area contributed by atoms with Crippen molar-refractivity contribution in [2.24, 2.45) is 0 Å². The third-order valence-corrected chi connectivity index (χ3v) is 4.39. The predicted molar refractivity (Wildman–Crippen MR) is 71.4 cm³/mol. The van der Waals surface area contributed by atoms with Crippen LogP contribution in [0, 0.1) is 0 Å². The van der Waals surface area contributed by atoms with Crippen molar-refractivity contribution in [1.29, 1.82) is 0 Å². The molecule has 1 aromatic rings. The Balaban J connectivity index is 2.16. The molecule has 1 aliphatic rings. The van der Waals surface area contributed by atoms with E-state index in [0.717, 1.165) is 14.5 Å². The summed E-state index contributed by atoms with van der Waals surface area (Å²) in [6, 6.07) is 5.13. The van der Waals surface area contributed by atoms with Gasteiger partial charge in [0.1, 0.15) is 5.54 Å². The van der Waals surface area contributed by atoms with E-state index in [1.54, 1.807) is 6.92 Å². The van der Waals surface area contributed by atoms with E-state index in [4.69, 9.17) is 0 Å². The molecule has 1 nitrogen and oxygen atoms in total. The lowest BCUT2D eigenvalue weighted by molar-refractivity contribution is -0.167. The highest BCUT2D eigenvalue weighted by Gasteiger charge is 2.63. The minimum absolute atomic E-state index is 0.162. The zero-order valence-corrected chi connectivity index (χ0v) is 12.8. The first-order valence-electron chi connectivity index (χ1n) is 5.54. The average molecular weight is 387 g/mol.